The van der Waals surface area contributed by atoms with Crippen molar-refractivity contribution >= 4 is 24.2 Å². The lowest BCUT2D eigenvalue weighted by molar-refractivity contribution is 0.624. The third-order valence-corrected chi connectivity index (χ3v) is 2.79. The van der Waals surface area contributed by atoms with Gasteiger partial charge in [-0.05, 0) is 12.7 Å². The van der Waals surface area contributed by atoms with Crippen molar-refractivity contribution in [2.24, 2.45) is 9.98 Å². The summed E-state index contributed by atoms with van der Waals surface area (Å²) < 4.78 is 0. The molecule has 0 N–H and O–H groups in total. The molecule has 1 aliphatic rings. The summed E-state index contributed by atoms with van der Waals surface area (Å²) in [4.78, 5) is 8.49. The van der Waals surface area contributed by atoms with E-state index < -0.39 is 0 Å². The van der Waals surface area contributed by atoms with Crippen LogP contribution in [0.3, 0.4) is 0 Å². The van der Waals surface area contributed by atoms with Gasteiger partial charge < -0.3 is 0 Å². The smallest absolute Gasteiger partial charge is 0.0705 e. The van der Waals surface area contributed by atoms with Gasteiger partial charge in [0.25, 0.3) is 0 Å². The number of hydrogen-bond donors (Lipinski definition) is 0. The van der Waals surface area contributed by atoms with Gasteiger partial charge in [0.2, 0.25) is 0 Å². The molecule has 1 aliphatic heterocycles. The van der Waals surface area contributed by atoms with Gasteiger partial charge in [0.1, 0.15) is 0 Å². The fourth-order valence-corrected chi connectivity index (χ4v) is 1.47. The summed E-state index contributed by atoms with van der Waals surface area (Å²) >= 11 is 1.89. The van der Waals surface area contributed by atoms with Crippen LogP contribution in [0.15, 0.2) is 9.98 Å². The summed E-state index contributed by atoms with van der Waals surface area (Å²) in [6.45, 7) is 3.11. The molecule has 0 spiro atoms. The van der Waals surface area contributed by atoms with Gasteiger partial charge in [0.05, 0.1) is 12.6 Å². The number of thioether (sulfide) groups is 1. The standard InChI is InChI=1S/C8H14N2S/c1-7(11-2)5-8-6-9-3-4-10-8/h3-4,7-8H,5-6H2,1-2H3. The molecule has 0 aliphatic carbocycles. The van der Waals surface area contributed by atoms with E-state index in [1.165, 1.54) is 0 Å². The zero-order valence-electron chi connectivity index (χ0n) is 7.03. The Morgan fingerprint density at radius 1 is 1.64 bits per heavy atom. The highest BCUT2D eigenvalue weighted by atomic mass is 32.2. The molecule has 0 fully saturated rings. The minimum atomic E-state index is 0.433. The first kappa shape index (κ1) is 8.78. The summed E-state index contributed by atoms with van der Waals surface area (Å²) in [5.74, 6) is 0. The van der Waals surface area contributed by atoms with Gasteiger partial charge in [-0.15, -0.1) is 0 Å². The van der Waals surface area contributed by atoms with E-state index in [1.54, 1.807) is 12.4 Å². The van der Waals surface area contributed by atoms with E-state index in [4.69, 9.17) is 0 Å². The second-order valence-electron chi connectivity index (χ2n) is 2.75. The Morgan fingerprint density at radius 2 is 2.45 bits per heavy atom. The molecule has 0 amide bonds. The van der Waals surface area contributed by atoms with Gasteiger partial charge >= 0.3 is 0 Å². The quantitative estimate of drug-likeness (QED) is 0.632. The van der Waals surface area contributed by atoms with Crippen LogP contribution in [0.2, 0.25) is 0 Å². The zero-order valence-corrected chi connectivity index (χ0v) is 7.84. The molecule has 2 unspecified atom stereocenters. The van der Waals surface area contributed by atoms with Crippen LogP contribution in [0.4, 0.5) is 0 Å². The monoisotopic (exact) mass is 170 g/mol. The minimum absolute atomic E-state index is 0.433. The highest BCUT2D eigenvalue weighted by Crippen LogP contribution is 2.14. The van der Waals surface area contributed by atoms with Crippen LogP contribution < -0.4 is 0 Å². The fourth-order valence-electron chi connectivity index (χ4n) is 1.05. The van der Waals surface area contributed by atoms with E-state index in [1.807, 2.05) is 11.8 Å². The predicted octanol–water partition coefficient (Wildman–Crippen LogP) is 1.65. The van der Waals surface area contributed by atoms with E-state index in [-0.39, 0.29) is 0 Å². The molecule has 0 bridgehead atoms. The summed E-state index contributed by atoms with van der Waals surface area (Å²) in [7, 11) is 0. The van der Waals surface area contributed by atoms with Gasteiger partial charge in [-0.2, -0.15) is 11.8 Å². The number of hydrogen-bond acceptors (Lipinski definition) is 3. The molecule has 11 heavy (non-hydrogen) atoms. The predicted molar refractivity (Wildman–Crippen MR) is 53.2 cm³/mol. The van der Waals surface area contributed by atoms with Gasteiger partial charge in [-0.1, -0.05) is 6.92 Å². The molecule has 2 nitrogen and oxygen atoms in total. The Balaban J connectivity index is 2.27. The maximum atomic E-state index is 4.33. The van der Waals surface area contributed by atoms with Crippen LogP contribution >= 0.6 is 11.8 Å². The topological polar surface area (TPSA) is 24.7 Å². The lowest BCUT2D eigenvalue weighted by Crippen LogP contribution is -2.17. The lowest BCUT2D eigenvalue weighted by atomic mass is 10.1. The molecule has 0 aromatic heterocycles. The Labute approximate surface area is 72.2 Å². The van der Waals surface area contributed by atoms with E-state index in [0.29, 0.717) is 11.3 Å². The van der Waals surface area contributed by atoms with Gasteiger partial charge in [-0.3, -0.25) is 9.98 Å². The zero-order chi connectivity index (χ0) is 8.10. The molecule has 0 aromatic carbocycles. The van der Waals surface area contributed by atoms with Crippen molar-refractivity contribution in [1.82, 2.24) is 0 Å². The van der Waals surface area contributed by atoms with Crippen molar-refractivity contribution in [3.05, 3.63) is 0 Å². The Morgan fingerprint density at radius 3 is 3.00 bits per heavy atom. The largest absolute Gasteiger partial charge is 0.289 e. The fraction of sp³-hybridized carbons (Fsp3) is 0.750. The highest BCUT2D eigenvalue weighted by molar-refractivity contribution is 7.99. The SMILES string of the molecule is CSC(C)CC1CN=CC=N1. The summed E-state index contributed by atoms with van der Waals surface area (Å²) in [5, 5.41) is 0.699. The summed E-state index contributed by atoms with van der Waals surface area (Å²) in [5.41, 5.74) is 0. The Hall–Kier alpha value is -0.310. The first-order chi connectivity index (χ1) is 5.33. The first-order valence-corrected chi connectivity index (χ1v) is 5.16. The Bertz CT molecular complexity index is 165. The van der Waals surface area contributed by atoms with E-state index >= 15 is 0 Å². The van der Waals surface area contributed by atoms with Gasteiger partial charge in [0, 0.05) is 17.7 Å². The third kappa shape index (κ3) is 3.06. The number of nitrogens with zero attached hydrogens (tertiary/aromatic N) is 2. The summed E-state index contributed by atoms with van der Waals surface area (Å²) in [6, 6.07) is 0.433. The van der Waals surface area contributed by atoms with Crippen molar-refractivity contribution in [1.29, 1.82) is 0 Å². The van der Waals surface area contributed by atoms with E-state index in [2.05, 4.69) is 23.2 Å². The maximum Gasteiger partial charge on any atom is 0.0705 e. The minimum Gasteiger partial charge on any atom is -0.289 e. The van der Waals surface area contributed by atoms with Crippen LogP contribution in [0.5, 0.6) is 0 Å². The number of rotatable bonds is 3. The van der Waals surface area contributed by atoms with E-state index in [9.17, 15) is 0 Å². The molecule has 1 heterocycles. The molecule has 3 heteroatoms. The molecular formula is C8H14N2S. The van der Waals surface area contributed by atoms with Crippen LogP contribution in [-0.2, 0) is 0 Å². The van der Waals surface area contributed by atoms with Gasteiger partial charge in [0.15, 0.2) is 0 Å². The molecular weight excluding hydrogens is 156 g/mol. The number of aliphatic imine (C=N–C) groups is 2. The Kier molecular flexibility index (Phi) is 3.63. The van der Waals surface area contributed by atoms with Crippen LogP contribution in [0.1, 0.15) is 13.3 Å². The van der Waals surface area contributed by atoms with Crippen molar-refractivity contribution < 1.29 is 0 Å². The molecule has 1 rings (SSSR count). The second-order valence-corrected chi connectivity index (χ2v) is 4.02. The van der Waals surface area contributed by atoms with Crippen molar-refractivity contribution in [3.8, 4) is 0 Å². The van der Waals surface area contributed by atoms with Crippen molar-refractivity contribution in [2.45, 2.75) is 24.6 Å². The maximum absolute atomic E-state index is 4.33. The first-order valence-electron chi connectivity index (χ1n) is 3.87. The van der Waals surface area contributed by atoms with Crippen molar-refractivity contribution in [2.75, 3.05) is 12.8 Å². The molecule has 0 saturated heterocycles. The second kappa shape index (κ2) is 4.54. The lowest BCUT2D eigenvalue weighted by Gasteiger charge is -2.15. The molecule has 0 saturated carbocycles. The normalized spacial score (nSPS) is 25.5. The van der Waals surface area contributed by atoms with Gasteiger partial charge in [-0.25, -0.2) is 0 Å². The van der Waals surface area contributed by atoms with E-state index in [0.717, 1.165) is 13.0 Å². The molecule has 2 atom stereocenters. The summed E-state index contributed by atoms with van der Waals surface area (Å²) in [6.07, 6.45) is 6.87. The van der Waals surface area contributed by atoms with Crippen LogP contribution in [-0.4, -0.2) is 36.5 Å². The highest BCUT2D eigenvalue weighted by Gasteiger charge is 2.10. The van der Waals surface area contributed by atoms with Crippen LogP contribution in [0.25, 0.3) is 0 Å². The third-order valence-electron chi connectivity index (χ3n) is 1.79. The molecule has 0 radical (unpaired) electrons. The van der Waals surface area contributed by atoms with Crippen molar-refractivity contribution in [3.63, 3.8) is 0 Å². The average Bonchev–Trinajstić information content (AvgIpc) is 2.06. The molecule has 62 valence electrons. The average molecular weight is 170 g/mol. The molecule has 0 aromatic rings. The van der Waals surface area contributed by atoms with Crippen LogP contribution in [0, 0.1) is 0 Å².